The predicted molar refractivity (Wildman–Crippen MR) is 78.2 cm³/mol. The lowest BCUT2D eigenvalue weighted by atomic mass is 10.1. The number of nitrogen functional groups attached to an aromatic ring is 1. The molecule has 1 aromatic carbocycles. The van der Waals surface area contributed by atoms with Gasteiger partial charge in [0.1, 0.15) is 0 Å². The van der Waals surface area contributed by atoms with Gasteiger partial charge in [-0.2, -0.15) is 0 Å². The molecule has 0 amide bonds. The largest absolute Gasteiger partial charge is 0.396 e. The summed E-state index contributed by atoms with van der Waals surface area (Å²) in [6, 6.07) is 3.32. The number of aliphatic hydroxyl groups is 1. The van der Waals surface area contributed by atoms with Crippen LogP contribution in [0.3, 0.4) is 0 Å². The Balaban J connectivity index is 2.76. The van der Waals surface area contributed by atoms with Crippen molar-refractivity contribution in [2.24, 2.45) is 5.92 Å². The first-order valence-corrected chi connectivity index (χ1v) is 6.80. The van der Waals surface area contributed by atoms with E-state index in [0.717, 1.165) is 18.5 Å². The highest BCUT2D eigenvalue weighted by Crippen LogP contribution is 2.31. The molecule has 4 N–H and O–H groups in total. The standard InChI is InChI=1S/C13H20Cl2N2O/c1-8(2)3-4-17-12(7-18)9-5-10(14)13(16)11(15)6-9/h5-6,8,12,17-18H,3-4,7,16H2,1-2H3. The molecule has 0 saturated carbocycles. The number of rotatable bonds is 6. The van der Waals surface area contributed by atoms with Crippen LogP contribution in [0, 0.1) is 5.92 Å². The van der Waals surface area contributed by atoms with Gasteiger partial charge in [-0.3, -0.25) is 0 Å². The van der Waals surface area contributed by atoms with Crippen LogP contribution in [0.1, 0.15) is 31.9 Å². The molecule has 1 rings (SSSR count). The molecule has 0 aliphatic carbocycles. The van der Waals surface area contributed by atoms with E-state index in [1.807, 2.05) is 0 Å². The quantitative estimate of drug-likeness (QED) is 0.705. The summed E-state index contributed by atoms with van der Waals surface area (Å²) >= 11 is 12.0. The Kier molecular flexibility index (Phi) is 6.22. The van der Waals surface area contributed by atoms with E-state index in [-0.39, 0.29) is 12.6 Å². The smallest absolute Gasteiger partial charge is 0.0693 e. The average molecular weight is 291 g/mol. The minimum Gasteiger partial charge on any atom is -0.396 e. The molecule has 0 heterocycles. The summed E-state index contributed by atoms with van der Waals surface area (Å²) in [6.45, 7) is 5.15. The summed E-state index contributed by atoms with van der Waals surface area (Å²) < 4.78 is 0. The number of anilines is 1. The van der Waals surface area contributed by atoms with E-state index < -0.39 is 0 Å². The highest BCUT2D eigenvalue weighted by Gasteiger charge is 2.13. The van der Waals surface area contributed by atoms with Gasteiger partial charge in [0, 0.05) is 0 Å². The van der Waals surface area contributed by atoms with E-state index >= 15 is 0 Å². The third kappa shape index (κ3) is 4.32. The van der Waals surface area contributed by atoms with Crippen molar-refractivity contribution in [2.45, 2.75) is 26.3 Å². The second-order valence-electron chi connectivity index (χ2n) is 4.77. The van der Waals surface area contributed by atoms with Crippen LogP contribution in [0.25, 0.3) is 0 Å². The Morgan fingerprint density at radius 2 is 1.83 bits per heavy atom. The molecule has 18 heavy (non-hydrogen) atoms. The second-order valence-corrected chi connectivity index (χ2v) is 5.58. The van der Waals surface area contributed by atoms with Gasteiger partial charge >= 0.3 is 0 Å². The van der Waals surface area contributed by atoms with Crippen molar-refractivity contribution in [3.05, 3.63) is 27.7 Å². The van der Waals surface area contributed by atoms with Gasteiger partial charge in [0.25, 0.3) is 0 Å². The molecule has 1 atom stereocenters. The van der Waals surface area contributed by atoms with Crippen molar-refractivity contribution in [1.29, 1.82) is 0 Å². The Labute approximate surface area is 118 Å². The number of halogens is 2. The number of benzene rings is 1. The van der Waals surface area contributed by atoms with Crippen molar-refractivity contribution in [1.82, 2.24) is 5.32 Å². The van der Waals surface area contributed by atoms with Crippen molar-refractivity contribution in [3.8, 4) is 0 Å². The molecular formula is C13H20Cl2N2O. The van der Waals surface area contributed by atoms with Gasteiger partial charge in [0.2, 0.25) is 0 Å². The molecule has 3 nitrogen and oxygen atoms in total. The summed E-state index contributed by atoms with van der Waals surface area (Å²) in [6.07, 6.45) is 1.05. The van der Waals surface area contributed by atoms with Gasteiger partial charge in [-0.05, 0) is 36.6 Å². The van der Waals surface area contributed by atoms with Gasteiger partial charge < -0.3 is 16.2 Å². The minimum atomic E-state index is -0.167. The Morgan fingerprint density at radius 1 is 1.28 bits per heavy atom. The van der Waals surface area contributed by atoms with Gasteiger partial charge in [-0.1, -0.05) is 37.0 Å². The Morgan fingerprint density at radius 3 is 2.28 bits per heavy atom. The van der Waals surface area contributed by atoms with Gasteiger partial charge in [-0.15, -0.1) is 0 Å². The molecule has 0 spiro atoms. The summed E-state index contributed by atoms with van der Waals surface area (Å²) in [5.41, 5.74) is 6.91. The van der Waals surface area contributed by atoms with E-state index in [2.05, 4.69) is 19.2 Å². The van der Waals surface area contributed by atoms with Crippen molar-refractivity contribution in [3.63, 3.8) is 0 Å². The highest BCUT2D eigenvalue weighted by molar-refractivity contribution is 6.38. The fraction of sp³-hybridized carbons (Fsp3) is 0.538. The molecular weight excluding hydrogens is 271 g/mol. The summed E-state index contributed by atoms with van der Waals surface area (Å²) in [5, 5.41) is 13.5. The average Bonchev–Trinajstić information content (AvgIpc) is 2.30. The summed E-state index contributed by atoms with van der Waals surface area (Å²) in [7, 11) is 0. The molecule has 1 unspecified atom stereocenters. The third-order valence-electron chi connectivity index (χ3n) is 2.80. The maximum absolute atomic E-state index is 9.42. The van der Waals surface area contributed by atoms with E-state index in [4.69, 9.17) is 28.9 Å². The van der Waals surface area contributed by atoms with Crippen LogP contribution in [-0.2, 0) is 0 Å². The monoisotopic (exact) mass is 290 g/mol. The molecule has 0 fully saturated rings. The van der Waals surface area contributed by atoms with Gasteiger partial charge in [-0.25, -0.2) is 0 Å². The molecule has 0 aliphatic rings. The van der Waals surface area contributed by atoms with E-state index in [0.29, 0.717) is 21.7 Å². The predicted octanol–water partition coefficient (Wildman–Crippen LogP) is 3.24. The van der Waals surface area contributed by atoms with Crippen LogP contribution in [-0.4, -0.2) is 18.3 Å². The lowest BCUT2D eigenvalue weighted by Crippen LogP contribution is -2.26. The topological polar surface area (TPSA) is 58.3 Å². The minimum absolute atomic E-state index is 0.00529. The first kappa shape index (κ1) is 15.6. The zero-order valence-electron chi connectivity index (χ0n) is 10.7. The Bertz CT molecular complexity index is 374. The van der Waals surface area contributed by atoms with Crippen LogP contribution >= 0.6 is 23.2 Å². The normalized spacial score (nSPS) is 13.0. The molecule has 0 aliphatic heterocycles. The zero-order chi connectivity index (χ0) is 13.7. The maximum atomic E-state index is 9.42. The molecule has 0 saturated heterocycles. The molecule has 0 radical (unpaired) electrons. The lowest BCUT2D eigenvalue weighted by molar-refractivity contribution is 0.243. The number of aliphatic hydroxyl groups excluding tert-OH is 1. The van der Waals surface area contributed by atoms with Crippen molar-refractivity contribution < 1.29 is 5.11 Å². The maximum Gasteiger partial charge on any atom is 0.0693 e. The van der Waals surface area contributed by atoms with Crippen molar-refractivity contribution in [2.75, 3.05) is 18.9 Å². The third-order valence-corrected chi connectivity index (χ3v) is 3.42. The molecule has 102 valence electrons. The van der Waals surface area contributed by atoms with E-state index in [9.17, 15) is 5.11 Å². The van der Waals surface area contributed by atoms with Crippen LogP contribution in [0.15, 0.2) is 12.1 Å². The van der Waals surface area contributed by atoms with Gasteiger partial charge in [0.15, 0.2) is 0 Å². The number of hydrogen-bond acceptors (Lipinski definition) is 3. The van der Waals surface area contributed by atoms with Crippen LogP contribution in [0.5, 0.6) is 0 Å². The molecule has 0 bridgehead atoms. The van der Waals surface area contributed by atoms with Crippen LogP contribution < -0.4 is 11.1 Å². The zero-order valence-corrected chi connectivity index (χ0v) is 12.2. The fourth-order valence-electron chi connectivity index (χ4n) is 1.64. The first-order valence-electron chi connectivity index (χ1n) is 6.04. The Hall–Kier alpha value is -0.480. The van der Waals surface area contributed by atoms with Crippen LogP contribution in [0.2, 0.25) is 10.0 Å². The summed E-state index contributed by atoms with van der Waals surface area (Å²) in [4.78, 5) is 0. The number of hydrogen-bond donors (Lipinski definition) is 3. The van der Waals surface area contributed by atoms with E-state index in [1.165, 1.54) is 0 Å². The first-order chi connectivity index (χ1) is 8.45. The molecule has 5 heteroatoms. The summed E-state index contributed by atoms with van der Waals surface area (Å²) in [5.74, 6) is 0.621. The molecule has 1 aromatic rings. The second kappa shape index (κ2) is 7.19. The number of nitrogens with two attached hydrogens (primary N) is 1. The molecule has 0 aromatic heterocycles. The SMILES string of the molecule is CC(C)CCNC(CO)c1cc(Cl)c(N)c(Cl)c1. The fourth-order valence-corrected chi connectivity index (χ4v) is 2.14. The highest BCUT2D eigenvalue weighted by atomic mass is 35.5. The van der Waals surface area contributed by atoms with Gasteiger partial charge in [0.05, 0.1) is 28.4 Å². The van der Waals surface area contributed by atoms with Crippen molar-refractivity contribution >= 4 is 28.9 Å². The number of nitrogens with one attached hydrogen (secondary N) is 1. The van der Waals surface area contributed by atoms with E-state index in [1.54, 1.807) is 12.1 Å². The van der Waals surface area contributed by atoms with Crippen LogP contribution in [0.4, 0.5) is 5.69 Å². The lowest BCUT2D eigenvalue weighted by Gasteiger charge is -2.18.